The molecule has 0 spiro atoms. The van der Waals surface area contributed by atoms with E-state index in [0.29, 0.717) is 13.1 Å². The van der Waals surface area contributed by atoms with Crippen LogP contribution in [0.1, 0.15) is 26.7 Å². The Hall–Kier alpha value is -2.84. The van der Waals surface area contributed by atoms with Gasteiger partial charge in [-0.05, 0) is 24.3 Å². The lowest BCUT2D eigenvalue weighted by Crippen LogP contribution is -2.41. The number of rotatable bonds is 7. The molecule has 2 aromatic rings. The van der Waals surface area contributed by atoms with Gasteiger partial charge < -0.3 is 15.4 Å². The van der Waals surface area contributed by atoms with Crippen molar-refractivity contribution >= 4 is 11.8 Å². The van der Waals surface area contributed by atoms with E-state index in [9.17, 15) is 9.59 Å². The molecule has 0 aromatic carbocycles. The van der Waals surface area contributed by atoms with Crippen molar-refractivity contribution in [2.75, 3.05) is 39.4 Å². The lowest BCUT2D eigenvalue weighted by atomic mass is 10.2. The summed E-state index contributed by atoms with van der Waals surface area (Å²) in [6, 6.07) is 10.3. The predicted molar refractivity (Wildman–Crippen MR) is 99.2 cm³/mol. The molecular weight excluding hydrogens is 346 g/mol. The van der Waals surface area contributed by atoms with E-state index in [-0.39, 0.29) is 23.2 Å². The molecule has 8 heteroatoms. The maximum absolute atomic E-state index is 12.3. The van der Waals surface area contributed by atoms with E-state index in [2.05, 4.69) is 25.5 Å². The van der Waals surface area contributed by atoms with E-state index in [1.807, 2.05) is 18.2 Å². The normalized spacial score (nSPS) is 14.5. The number of pyridine rings is 2. The van der Waals surface area contributed by atoms with Crippen LogP contribution in [0.5, 0.6) is 0 Å². The summed E-state index contributed by atoms with van der Waals surface area (Å²) in [5, 5.41) is 5.60. The number of carbonyl (C=O) groups excluding carboxylic acids is 2. The molecule has 2 amide bonds. The van der Waals surface area contributed by atoms with Gasteiger partial charge in [0.05, 0.1) is 25.5 Å². The molecule has 0 aliphatic carbocycles. The molecule has 1 aliphatic heterocycles. The highest BCUT2D eigenvalue weighted by Gasteiger charge is 2.14. The van der Waals surface area contributed by atoms with Gasteiger partial charge >= 0.3 is 0 Å². The highest BCUT2D eigenvalue weighted by Crippen LogP contribution is 2.01. The molecule has 0 radical (unpaired) electrons. The van der Waals surface area contributed by atoms with E-state index in [1.54, 1.807) is 24.4 Å². The second-order valence-corrected chi connectivity index (χ2v) is 6.12. The van der Waals surface area contributed by atoms with Crippen LogP contribution in [0.15, 0.2) is 42.6 Å². The minimum absolute atomic E-state index is 0.201. The summed E-state index contributed by atoms with van der Waals surface area (Å²) in [5.74, 6) is -0.633. The van der Waals surface area contributed by atoms with Crippen LogP contribution in [-0.4, -0.2) is 66.1 Å². The van der Waals surface area contributed by atoms with Crippen LogP contribution in [-0.2, 0) is 11.3 Å². The third kappa shape index (κ3) is 5.83. The Morgan fingerprint density at radius 1 is 1.00 bits per heavy atom. The van der Waals surface area contributed by atoms with Gasteiger partial charge in [-0.15, -0.1) is 0 Å². The molecule has 0 bridgehead atoms. The maximum atomic E-state index is 12.3. The average Bonchev–Trinajstić information content (AvgIpc) is 2.73. The second kappa shape index (κ2) is 9.75. The predicted octanol–water partition coefficient (Wildman–Crippen LogP) is 0.469. The van der Waals surface area contributed by atoms with E-state index in [4.69, 9.17) is 4.74 Å². The molecular formula is C19H23N5O3. The SMILES string of the molecule is O=C(NCCN1CCOCC1)c1cccc(C(=O)NCc2ccccn2)n1. The first-order valence-corrected chi connectivity index (χ1v) is 8.96. The molecule has 27 heavy (non-hydrogen) atoms. The van der Waals surface area contributed by atoms with Gasteiger partial charge in [0.15, 0.2) is 0 Å². The maximum Gasteiger partial charge on any atom is 0.270 e. The zero-order chi connectivity index (χ0) is 18.9. The zero-order valence-corrected chi connectivity index (χ0v) is 15.1. The molecule has 8 nitrogen and oxygen atoms in total. The first kappa shape index (κ1) is 18.9. The Morgan fingerprint density at radius 3 is 2.44 bits per heavy atom. The van der Waals surface area contributed by atoms with Crippen molar-refractivity contribution in [2.45, 2.75) is 6.54 Å². The number of amides is 2. The van der Waals surface area contributed by atoms with Gasteiger partial charge in [0.25, 0.3) is 11.8 Å². The number of ether oxygens (including phenoxy) is 1. The first-order valence-electron chi connectivity index (χ1n) is 8.96. The second-order valence-electron chi connectivity index (χ2n) is 6.12. The smallest absolute Gasteiger partial charge is 0.270 e. The van der Waals surface area contributed by atoms with Gasteiger partial charge in [-0.2, -0.15) is 0 Å². The molecule has 2 aromatic heterocycles. The van der Waals surface area contributed by atoms with Crippen molar-refractivity contribution < 1.29 is 14.3 Å². The summed E-state index contributed by atoms with van der Waals surface area (Å²) < 4.78 is 5.30. The van der Waals surface area contributed by atoms with E-state index >= 15 is 0 Å². The summed E-state index contributed by atoms with van der Waals surface area (Å²) in [7, 11) is 0. The molecule has 2 N–H and O–H groups in total. The molecule has 3 heterocycles. The van der Waals surface area contributed by atoms with Gasteiger partial charge in [0, 0.05) is 32.4 Å². The summed E-state index contributed by atoms with van der Waals surface area (Å²) in [6.45, 7) is 4.80. The lowest BCUT2D eigenvalue weighted by molar-refractivity contribution is 0.0383. The fraction of sp³-hybridized carbons (Fsp3) is 0.368. The van der Waals surface area contributed by atoms with E-state index < -0.39 is 0 Å². The fourth-order valence-electron chi connectivity index (χ4n) is 2.69. The fourth-order valence-corrected chi connectivity index (χ4v) is 2.69. The van der Waals surface area contributed by atoms with Crippen LogP contribution >= 0.6 is 0 Å². The van der Waals surface area contributed by atoms with Crippen LogP contribution in [0.3, 0.4) is 0 Å². The highest BCUT2D eigenvalue weighted by molar-refractivity contribution is 5.96. The number of morpholine rings is 1. The largest absolute Gasteiger partial charge is 0.379 e. The molecule has 3 rings (SSSR count). The minimum Gasteiger partial charge on any atom is -0.379 e. The Bertz CT molecular complexity index is 763. The lowest BCUT2D eigenvalue weighted by Gasteiger charge is -2.26. The first-order chi connectivity index (χ1) is 13.2. The van der Waals surface area contributed by atoms with Crippen LogP contribution in [0.4, 0.5) is 0 Å². The van der Waals surface area contributed by atoms with E-state index in [0.717, 1.165) is 38.5 Å². The molecule has 1 fully saturated rings. The third-order valence-corrected chi connectivity index (χ3v) is 4.19. The Kier molecular flexibility index (Phi) is 6.84. The Morgan fingerprint density at radius 2 is 1.74 bits per heavy atom. The Labute approximate surface area is 158 Å². The summed E-state index contributed by atoms with van der Waals surface area (Å²) in [6.07, 6.45) is 1.67. The van der Waals surface area contributed by atoms with Crippen LogP contribution in [0.25, 0.3) is 0 Å². The van der Waals surface area contributed by atoms with Gasteiger partial charge in [-0.25, -0.2) is 4.98 Å². The molecule has 0 unspecified atom stereocenters. The topological polar surface area (TPSA) is 96.5 Å². The van der Waals surface area contributed by atoms with Crippen molar-refractivity contribution in [3.8, 4) is 0 Å². The van der Waals surface area contributed by atoms with Crippen LogP contribution < -0.4 is 10.6 Å². The standard InChI is InChI=1S/C19H23N5O3/c25-18(21-8-9-24-10-12-27-13-11-24)16-5-3-6-17(23-16)19(26)22-14-15-4-1-2-7-20-15/h1-7H,8-14H2,(H,21,25)(H,22,26). The van der Waals surface area contributed by atoms with Gasteiger partial charge in [-0.1, -0.05) is 12.1 Å². The van der Waals surface area contributed by atoms with Crippen molar-refractivity contribution in [3.05, 3.63) is 59.7 Å². The molecule has 0 saturated carbocycles. The summed E-state index contributed by atoms with van der Waals surface area (Å²) >= 11 is 0. The van der Waals surface area contributed by atoms with Crippen LogP contribution in [0.2, 0.25) is 0 Å². The summed E-state index contributed by atoms with van der Waals surface area (Å²) in [5.41, 5.74) is 1.18. The highest BCUT2D eigenvalue weighted by atomic mass is 16.5. The molecule has 1 aliphatic rings. The number of nitrogens with one attached hydrogen (secondary N) is 2. The third-order valence-electron chi connectivity index (χ3n) is 4.19. The monoisotopic (exact) mass is 369 g/mol. The molecule has 0 atom stereocenters. The Balaban J connectivity index is 1.49. The number of nitrogens with zero attached hydrogens (tertiary/aromatic N) is 3. The van der Waals surface area contributed by atoms with Crippen LogP contribution in [0, 0.1) is 0 Å². The number of hydrogen-bond acceptors (Lipinski definition) is 6. The number of carbonyl (C=O) groups is 2. The van der Waals surface area contributed by atoms with Crippen molar-refractivity contribution in [3.63, 3.8) is 0 Å². The minimum atomic E-state index is -0.344. The quantitative estimate of drug-likeness (QED) is 0.736. The molecule has 1 saturated heterocycles. The van der Waals surface area contributed by atoms with Gasteiger partial charge in [0.2, 0.25) is 0 Å². The van der Waals surface area contributed by atoms with Gasteiger partial charge in [-0.3, -0.25) is 19.5 Å². The number of aromatic nitrogens is 2. The molecule has 142 valence electrons. The average molecular weight is 369 g/mol. The van der Waals surface area contributed by atoms with Crippen molar-refractivity contribution in [1.82, 2.24) is 25.5 Å². The van der Waals surface area contributed by atoms with Crippen molar-refractivity contribution in [2.24, 2.45) is 0 Å². The van der Waals surface area contributed by atoms with Gasteiger partial charge in [0.1, 0.15) is 11.4 Å². The zero-order valence-electron chi connectivity index (χ0n) is 15.1. The number of hydrogen-bond donors (Lipinski definition) is 2. The summed E-state index contributed by atoms with van der Waals surface area (Å²) in [4.78, 5) is 35.1. The van der Waals surface area contributed by atoms with E-state index in [1.165, 1.54) is 0 Å². The van der Waals surface area contributed by atoms with Crippen molar-refractivity contribution in [1.29, 1.82) is 0 Å².